The molecule has 1 rings (SSSR count). The molecule has 0 saturated heterocycles. The molecule has 0 bridgehead atoms. The number of carbonyl (C=O) groups is 1. The van der Waals surface area contributed by atoms with Crippen molar-refractivity contribution in [1.29, 1.82) is 0 Å². The van der Waals surface area contributed by atoms with Crippen LogP contribution in [0.15, 0.2) is 43.0 Å². The molecule has 80 valence electrons. The van der Waals surface area contributed by atoms with Gasteiger partial charge in [0.25, 0.3) is 0 Å². The molecule has 0 aliphatic heterocycles. The van der Waals surface area contributed by atoms with Crippen molar-refractivity contribution in [2.45, 2.75) is 6.10 Å². The van der Waals surface area contributed by atoms with Crippen molar-refractivity contribution in [2.24, 2.45) is 0 Å². The smallest absolute Gasteiger partial charge is 0.340 e. The van der Waals surface area contributed by atoms with Gasteiger partial charge in [0.05, 0.1) is 0 Å². The summed E-state index contributed by atoms with van der Waals surface area (Å²) in [6.45, 7) is 3.67. The Labute approximate surface area is 89.3 Å². The van der Waals surface area contributed by atoms with E-state index in [4.69, 9.17) is 9.47 Å². The average Bonchev–Trinajstić information content (AvgIpc) is 2.29. The lowest BCUT2D eigenvalue weighted by molar-refractivity contribution is -0.154. The Hall–Kier alpha value is -1.61. The van der Waals surface area contributed by atoms with E-state index in [1.807, 2.05) is 30.3 Å². The van der Waals surface area contributed by atoms with Crippen molar-refractivity contribution in [3.05, 3.63) is 48.6 Å². The Morgan fingerprint density at radius 1 is 1.47 bits per heavy atom. The van der Waals surface area contributed by atoms with E-state index in [0.29, 0.717) is 0 Å². The minimum absolute atomic E-state index is 0.200. The molecule has 0 amide bonds. The number of hydrogen-bond donors (Lipinski definition) is 0. The van der Waals surface area contributed by atoms with Crippen LogP contribution in [0.4, 0.5) is 0 Å². The Morgan fingerprint density at radius 2 is 2.13 bits per heavy atom. The highest BCUT2D eigenvalue weighted by molar-refractivity contribution is 5.76. The van der Waals surface area contributed by atoms with Gasteiger partial charge in [-0.05, 0) is 5.56 Å². The zero-order valence-corrected chi connectivity index (χ0v) is 8.68. The van der Waals surface area contributed by atoms with Crippen molar-refractivity contribution in [1.82, 2.24) is 0 Å². The highest BCUT2D eigenvalue weighted by Crippen LogP contribution is 2.17. The summed E-state index contributed by atoms with van der Waals surface area (Å²) in [5.74, 6) is -0.399. The first-order chi connectivity index (χ1) is 7.29. The number of rotatable bonds is 5. The van der Waals surface area contributed by atoms with E-state index in [-0.39, 0.29) is 6.61 Å². The number of methoxy groups -OCH3 is 1. The van der Waals surface area contributed by atoms with Crippen molar-refractivity contribution in [3.8, 4) is 0 Å². The molecule has 0 spiro atoms. The zero-order chi connectivity index (χ0) is 11.1. The van der Waals surface area contributed by atoms with Gasteiger partial charge < -0.3 is 9.47 Å². The third kappa shape index (κ3) is 3.22. The van der Waals surface area contributed by atoms with Crippen LogP contribution in [0.5, 0.6) is 0 Å². The second-order valence-corrected chi connectivity index (χ2v) is 2.95. The predicted molar refractivity (Wildman–Crippen MR) is 57.3 cm³/mol. The van der Waals surface area contributed by atoms with Gasteiger partial charge in [-0.3, -0.25) is 0 Å². The number of ether oxygens (including phenoxy) is 2. The fraction of sp³-hybridized carbons (Fsp3) is 0.250. The summed E-state index contributed by atoms with van der Waals surface area (Å²) in [7, 11) is 1.48. The van der Waals surface area contributed by atoms with Gasteiger partial charge in [0.2, 0.25) is 0 Å². The molecule has 1 unspecified atom stereocenters. The molecule has 15 heavy (non-hydrogen) atoms. The maximum atomic E-state index is 11.5. The molecular formula is C12H14O3. The molecule has 3 nitrogen and oxygen atoms in total. The molecule has 0 fully saturated rings. The van der Waals surface area contributed by atoms with Gasteiger partial charge in [0.15, 0.2) is 6.10 Å². The maximum absolute atomic E-state index is 11.5. The summed E-state index contributed by atoms with van der Waals surface area (Å²) < 4.78 is 10.0. The van der Waals surface area contributed by atoms with Gasteiger partial charge in [-0.25, -0.2) is 4.79 Å². The minimum atomic E-state index is -0.661. The van der Waals surface area contributed by atoms with E-state index in [1.165, 1.54) is 13.2 Å². The van der Waals surface area contributed by atoms with Gasteiger partial charge in [-0.15, -0.1) is 0 Å². The normalized spacial score (nSPS) is 11.8. The molecule has 0 N–H and O–H groups in total. The first-order valence-corrected chi connectivity index (χ1v) is 4.65. The summed E-state index contributed by atoms with van der Waals surface area (Å²) in [4.78, 5) is 11.5. The molecule has 1 aromatic carbocycles. The quantitative estimate of drug-likeness (QED) is 0.546. The standard InChI is InChI=1S/C12H14O3/c1-3-9-15-12(13)11(14-2)10-7-5-4-6-8-10/h3-8,11H,1,9H2,2H3. The first-order valence-electron chi connectivity index (χ1n) is 4.65. The van der Waals surface area contributed by atoms with Gasteiger partial charge in [-0.2, -0.15) is 0 Å². The zero-order valence-electron chi connectivity index (χ0n) is 8.68. The second-order valence-electron chi connectivity index (χ2n) is 2.95. The summed E-state index contributed by atoms with van der Waals surface area (Å²) >= 11 is 0. The maximum Gasteiger partial charge on any atom is 0.340 e. The SMILES string of the molecule is C=CCOC(=O)C(OC)c1ccccc1. The van der Waals surface area contributed by atoms with Crippen LogP contribution in [0.2, 0.25) is 0 Å². The predicted octanol–water partition coefficient (Wildman–Crippen LogP) is 2.10. The lowest BCUT2D eigenvalue weighted by Gasteiger charge is -2.13. The molecule has 0 radical (unpaired) electrons. The van der Waals surface area contributed by atoms with Crippen LogP contribution in [0, 0.1) is 0 Å². The van der Waals surface area contributed by atoms with Crippen LogP contribution in [0.3, 0.4) is 0 Å². The molecular weight excluding hydrogens is 192 g/mol. The monoisotopic (exact) mass is 206 g/mol. The van der Waals surface area contributed by atoms with E-state index >= 15 is 0 Å². The van der Waals surface area contributed by atoms with E-state index in [0.717, 1.165) is 5.56 Å². The van der Waals surface area contributed by atoms with E-state index in [9.17, 15) is 4.79 Å². The molecule has 1 atom stereocenters. The number of hydrogen-bond acceptors (Lipinski definition) is 3. The Bertz CT molecular complexity index is 319. The lowest BCUT2D eigenvalue weighted by Crippen LogP contribution is -2.17. The highest BCUT2D eigenvalue weighted by atomic mass is 16.6. The molecule has 0 aliphatic rings. The Kier molecular flexibility index (Phi) is 4.57. The van der Waals surface area contributed by atoms with Crippen molar-refractivity contribution < 1.29 is 14.3 Å². The van der Waals surface area contributed by atoms with Gasteiger partial charge >= 0.3 is 5.97 Å². The van der Waals surface area contributed by atoms with Crippen LogP contribution in [0.1, 0.15) is 11.7 Å². The van der Waals surface area contributed by atoms with Gasteiger partial charge in [0.1, 0.15) is 6.61 Å². The molecule has 0 heterocycles. The summed E-state index contributed by atoms with van der Waals surface area (Å²) in [6.07, 6.45) is 0.862. The fourth-order valence-corrected chi connectivity index (χ4v) is 1.21. The number of benzene rings is 1. The second kappa shape index (κ2) is 5.98. The molecule has 0 aromatic heterocycles. The van der Waals surface area contributed by atoms with E-state index in [2.05, 4.69) is 6.58 Å². The lowest BCUT2D eigenvalue weighted by atomic mass is 10.1. The van der Waals surface area contributed by atoms with Crippen LogP contribution >= 0.6 is 0 Å². The van der Waals surface area contributed by atoms with Crippen LogP contribution in [0.25, 0.3) is 0 Å². The average molecular weight is 206 g/mol. The largest absolute Gasteiger partial charge is 0.459 e. The van der Waals surface area contributed by atoms with Crippen molar-refractivity contribution in [2.75, 3.05) is 13.7 Å². The van der Waals surface area contributed by atoms with Crippen LogP contribution < -0.4 is 0 Å². The summed E-state index contributed by atoms with van der Waals surface area (Å²) in [5.41, 5.74) is 0.786. The van der Waals surface area contributed by atoms with E-state index < -0.39 is 12.1 Å². The molecule has 0 saturated carbocycles. The molecule has 0 aliphatic carbocycles. The number of carbonyl (C=O) groups excluding carboxylic acids is 1. The molecule has 3 heteroatoms. The summed E-state index contributed by atoms with van der Waals surface area (Å²) in [5, 5.41) is 0. The van der Waals surface area contributed by atoms with E-state index in [1.54, 1.807) is 0 Å². The molecule has 1 aromatic rings. The highest BCUT2D eigenvalue weighted by Gasteiger charge is 2.20. The number of esters is 1. The van der Waals surface area contributed by atoms with Crippen molar-refractivity contribution >= 4 is 5.97 Å². The van der Waals surface area contributed by atoms with Crippen molar-refractivity contribution in [3.63, 3.8) is 0 Å². The van der Waals surface area contributed by atoms with Gasteiger partial charge in [0, 0.05) is 7.11 Å². The third-order valence-corrected chi connectivity index (χ3v) is 1.90. The fourth-order valence-electron chi connectivity index (χ4n) is 1.21. The summed E-state index contributed by atoms with van der Waals surface area (Å²) in [6, 6.07) is 9.22. The Balaban J connectivity index is 2.71. The first kappa shape index (κ1) is 11.5. The third-order valence-electron chi connectivity index (χ3n) is 1.90. The van der Waals surface area contributed by atoms with Crippen LogP contribution in [-0.2, 0) is 14.3 Å². The van der Waals surface area contributed by atoms with Crippen LogP contribution in [-0.4, -0.2) is 19.7 Å². The van der Waals surface area contributed by atoms with Gasteiger partial charge in [-0.1, -0.05) is 43.0 Å². The topological polar surface area (TPSA) is 35.5 Å². The Morgan fingerprint density at radius 3 is 2.67 bits per heavy atom. The minimum Gasteiger partial charge on any atom is -0.459 e.